The maximum absolute atomic E-state index is 11.5. The minimum absolute atomic E-state index is 0.0713. The summed E-state index contributed by atoms with van der Waals surface area (Å²) in [5, 5.41) is 18.3. The van der Waals surface area contributed by atoms with Crippen LogP contribution in [0.4, 0.5) is 10.5 Å². The van der Waals surface area contributed by atoms with Crippen LogP contribution in [0.2, 0.25) is 0 Å². The van der Waals surface area contributed by atoms with Gasteiger partial charge in [-0.3, -0.25) is 4.68 Å². The maximum atomic E-state index is 11.5. The fraction of sp³-hybridized carbons (Fsp3) is 0.333. The van der Waals surface area contributed by atoms with E-state index in [-0.39, 0.29) is 12.6 Å². The Balaban J connectivity index is 1.85. The highest BCUT2D eigenvalue weighted by atomic mass is 16.3. The molecule has 21 heavy (non-hydrogen) atoms. The highest BCUT2D eigenvalue weighted by Crippen LogP contribution is 2.10. The van der Waals surface area contributed by atoms with E-state index in [4.69, 9.17) is 5.11 Å². The Morgan fingerprint density at radius 3 is 2.71 bits per heavy atom. The van der Waals surface area contributed by atoms with Crippen molar-refractivity contribution in [1.82, 2.24) is 15.1 Å². The van der Waals surface area contributed by atoms with Crippen LogP contribution < -0.4 is 10.6 Å². The molecule has 3 N–H and O–H groups in total. The van der Waals surface area contributed by atoms with Crippen molar-refractivity contribution in [2.45, 2.75) is 19.9 Å². The molecule has 2 amide bonds. The Hall–Kier alpha value is -2.34. The number of aromatic nitrogens is 2. The van der Waals surface area contributed by atoms with Gasteiger partial charge in [0.05, 0.1) is 12.7 Å². The van der Waals surface area contributed by atoms with E-state index in [9.17, 15) is 4.79 Å². The van der Waals surface area contributed by atoms with Gasteiger partial charge in [0, 0.05) is 25.0 Å². The first kappa shape index (κ1) is 15.1. The van der Waals surface area contributed by atoms with E-state index in [1.54, 1.807) is 0 Å². The molecule has 1 aromatic heterocycles. The lowest BCUT2D eigenvalue weighted by Gasteiger charge is -2.08. The lowest BCUT2D eigenvalue weighted by molar-refractivity contribution is 0.249. The van der Waals surface area contributed by atoms with Gasteiger partial charge in [-0.15, -0.1) is 0 Å². The molecule has 0 fully saturated rings. The topological polar surface area (TPSA) is 79.2 Å². The summed E-state index contributed by atoms with van der Waals surface area (Å²) >= 11 is 0. The number of aliphatic hydroxyl groups is 1. The summed E-state index contributed by atoms with van der Waals surface area (Å²) in [5.74, 6) is 0. The van der Waals surface area contributed by atoms with E-state index >= 15 is 0 Å². The molecule has 0 aliphatic heterocycles. The van der Waals surface area contributed by atoms with E-state index in [0.717, 1.165) is 16.8 Å². The van der Waals surface area contributed by atoms with Gasteiger partial charge in [0.15, 0.2) is 0 Å². The Kier molecular flexibility index (Phi) is 5.34. The largest absolute Gasteiger partial charge is 0.396 e. The molecule has 0 saturated carbocycles. The van der Waals surface area contributed by atoms with E-state index in [1.807, 2.05) is 48.3 Å². The molecule has 6 nitrogen and oxygen atoms in total. The molecule has 2 rings (SSSR count). The molecule has 0 bridgehead atoms. The Labute approximate surface area is 123 Å². The van der Waals surface area contributed by atoms with Gasteiger partial charge in [-0.2, -0.15) is 5.10 Å². The van der Waals surface area contributed by atoms with Gasteiger partial charge in [-0.25, -0.2) is 4.79 Å². The molecule has 1 heterocycles. The molecule has 1 aromatic carbocycles. The maximum Gasteiger partial charge on any atom is 0.319 e. The first-order chi connectivity index (χ1) is 10.2. The number of urea groups is 1. The van der Waals surface area contributed by atoms with Crippen LogP contribution in [-0.2, 0) is 6.54 Å². The summed E-state index contributed by atoms with van der Waals surface area (Å²) in [6.07, 6.45) is 4.36. The van der Waals surface area contributed by atoms with Crippen molar-refractivity contribution in [3.8, 4) is 0 Å². The normalized spacial score (nSPS) is 10.4. The molecule has 0 saturated heterocycles. The number of hydrogen-bond donors (Lipinski definition) is 3. The van der Waals surface area contributed by atoms with E-state index in [2.05, 4.69) is 15.7 Å². The van der Waals surface area contributed by atoms with Gasteiger partial charge in [0.1, 0.15) is 0 Å². The summed E-state index contributed by atoms with van der Waals surface area (Å²) in [5.41, 5.74) is 2.98. The third kappa shape index (κ3) is 4.92. The number of benzene rings is 1. The number of aliphatic hydroxyl groups excluding tert-OH is 1. The van der Waals surface area contributed by atoms with Crippen LogP contribution >= 0.6 is 0 Å². The van der Waals surface area contributed by atoms with Crippen molar-refractivity contribution >= 4 is 11.7 Å². The number of anilines is 1. The van der Waals surface area contributed by atoms with Gasteiger partial charge >= 0.3 is 6.03 Å². The smallest absolute Gasteiger partial charge is 0.319 e. The average molecular weight is 288 g/mol. The van der Waals surface area contributed by atoms with Crippen molar-refractivity contribution in [2.75, 3.05) is 18.5 Å². The van der Waals surface area contributed by atoms with Gasteiger partial charge in [0.25, 0.3) is 0 Å². The third-order valence-electron chi connectivity index (χ3n) is 2.94. The van der Waals surface area contributed by atoms with E-state index < -0.39 is 0 Å². The predicted octanol–water partition coefficient (Wildman–Crippen LogP) is 1.74. The highest BCUT2D eigenvalue weighted by Gasteiger charge is 2.02. The quantitative estimate of drug-likeness (QED) is 0.708. The third-order valence-corrected chi connectivity index (χ3v) is 2.94. The molecule has 0 radical (unpaired) electrons. The van der Waals surface area contributed by atoms with E-state index in [1.165, 1.54) is 0 Å². The Bertz CT molecular complexity index is 578. The van der Waals surface area contributed by atoms with Crippen molar-refractivity contribution in [3.63, 3.8) is 0 Å². The van der Waals surface area contributed by atoms with Gasteiger partial charge in [-0.1, -0.05) is 12.1 Å². The highest BCUT2D eigenvalue weighted by molar-refractivity contribution is 5.89. The summed E-state index contributed by atoms with van der Waals surface area (Å²) in [6.45, 7) is 3.24. The molecule has 0 unspecified atom stereocenters. The Morgan fingerprint density at radius 2 is 2.10 bits per heavy atom. The number of nitrogens with zero attached hydrogens (tertiary/aromatic N) is 2. The lowest BCUT2D eigenvalue weighted by atomic mass is 10.2. The zero-order valence-electron chi connectivity index (χ0n) is 12.0. The fourth-order valence-electron chi connectivity index (χ4n) is 1.89. The van der Waals surface area contributed by atoms with Crippen molar-refractivity contribution < 1.29 is 9.90 Å². The number of nitrogens with one attached hydrogen (secondary N) is 2. The SMILES string of the molecule is Cc1cnn(Cc2ccc(NC(=O)NCCCO)cc2)c1. The summed E-state index contributed by atoms with van der Waals surface area (Å²) < 4.78 is 1.87. The van der Waals surface area contributed by atoms with Crippen LogP contribution in [0, 0.1) is 6.92 Å². The zero-order chi connectivity index (χ0) is 15.1. The number of aryl methyl sites for hydroxylation is 1. The zero-order valence-corrected chi connectivity index (χ0v) is 12.0. The monoisotopic (exact) mass is 288 g/mol. The Morgan fingerprint density at radius 1 is 1.33 bits per heavy atom. The minimum atomic E-state index is -0.265. The fourth-order valence-corrected chi connectivity index (χ4v) is 1.89. The van der Waals surface area contributed by atoms with Gasteiger partial charge in [0.2, 0.25) is 0 Å². The molecule has 2 aromatic rings. The predicted molar refractivity (Wildman–Crippen MR) is 81.2 cm³/mol. The van der Waals surface area contributed by atoms with Crippen LogP contribution in [0.1, 0.15) is 17.5 Å². The van der Waals surface area contributed by atoms with Crippen LogP contribution in [0.15, 0.2) is 36.7 Å². The first-order valence-electron chi connectivity index (χ1n) is 6.91. The second kappa shape index (κ2) is 7.44. The van der Waals surface area contributed by atoms with Crippen molar-refractivity contribution in [1.29, 1.82) is 0 Å². The molecule has 0 aliphatic rings. The molecular formula is C15H20N4O2. The molecule has 0 spiro atoms. The second-order valence-corrected chi connectivity index (χ2v) is 4.87. The second-order valence-electron chi connectivity index (χ2n) is 4.87. The summed E-state index contributed by atoms with van der Waals surface area (Å²) in [7, 11) is 0. The molecule has 0 atom stereocenters. The van der Waals surface area contributed by atoms with Crippen LogP contribution in [0.5, 0.6) is 0 Å². The molecular weight excluding hydrogens is 268 g/mol. The molecule has 112 valence electrons. The van der Waals surface area contributed by atoms with Gasteiger partial charge in [-0.05, 0) is 36.6 Å². The van der Waals surface area contributed by atoms with Crippen molar-refractivity contribution in [3.05, 3.63) is 47.8 Å². The van der Waals surface area contributed by atoms with E-state index in [0.29, 0.717) is 19.5 Å². The summed E-state index contributed by atoms with van der Waals surface area (Å²) in [4.78, 5) is 11.5. The minimum Gasteiger partial charge on any atom is -0.396 e. The molecule has 6 heteroatoms. The first-order valence-corrected chi connectivity index (χ1v) is 6.91. The molecule has 0 aliphatic carbocycles. The number of carbonyl (C=O) groups excluding carboxylic acids is 1. The van der Waals surface area contributed by atoms with Gasteiger partial charge < -0.3 is 15.7 Å². The van der Waals surface area contributed by atoms with Crippen LogP contribution in [0.3, 0.4) is 0 Å². The number of amides is 2. The van der Waals surface area contributed by atoms with Crippen LogP contribution in [0.25, 0.3) is 0 Å². The number of carbonyl (C=O) groups is 1. The number of rotatable bonds is 6. The average Bonchev–Trinajstić information content (AvgIpc) is 2.87. The lowest BCUT2D eigenvalue weighted by Crippen LogP contribution is -2.29. The standard InChI is InChI=1S/C15H20N4O2/c1-12-9-17-19(10-12)11-13-3-5-14(6-4-13)18-15(21)16-7-2-8-20/h3-6,9-10,20H,2,7-8,11H2,1H3,(H2,16,18,21). The number of hydrogen-bond acceptors (Lipinski definition) is 3. The van der Waals surface area contributed by atoms with Crippen LogP contribution in [-0.4, -0.2) is 34.1 Å². The summed E-state index contributed by atoms with van der Waals surface area (Å²) in [6, 6.07) is 7.37. The van der Waals surface area contributed by atoms with Crippen molar-refractivity contribution in [2.24, 2.45) is 0 Å².